The highest BCUT2D eigenvalue weighted by Gasteiger charge is 2.04. The Labute approximate surface area is 98.1 Å². The third-order valence-electron chi connectivity index (χ3n) is 2.93. The summed E-state index contributed by atoms with van der Waals surface area (Å²) in [5, 5.41) is 0. The summed E-state index contributed by atoms with van der Waals surface area (Å²) in [6, 6.07) is 0.258. The molecule has 0 aromatic carbocycles. The molecule has 0 bridgehead atoms. The fourth-order valence-electron chi connectivity index (χ4n) is 1.88. The van der Waals surface area contributed by atoms with E-state index in [-0.39, 0.29) is 11.7 Å². The molecule has 1 heterocycles. The minimum atomic E-state index is 0.130. The molecule has 0 radical (unpaired) electrons. The number of aryl methyl sites for hydroxylation is 1. The van der Waals surface area contributed by atoms with Crippen LogP contribution in [-0.4, -0.2) is 9.13 Å². The van der Waals surface area contributed by atoms with Crippen LogP contribution in [-0.2, 0) is 6.54 Å². The maximum atomic E-state index is 11.9. The molecule has 1 rings (SSSR count). The summed E-state index contributed by atoms with van der Waals surface area (Å²) >= 11 is 0. The van der Waals surface area contributed by atoms with E-state index >= 15 is 0 Å². The average molecular weight is 224 g/mol. The molecule has 0 aliphatic heterocycles. The molecule has 0 N–H and O–H groups in total. The molecule has 1 aromatic rings. The zero-order chi connectivity index (χ0) is 12.0. The van der Waals surface area contributed by atoms with Crippen molar-refractivity contribution in [1.29, 1.82) is 0 Å². The van der Waals surface area contributed by atoms with Crippen LogP contribution in [0.4, 0.5) is 0 Å². The van der Waals surface area contributed by atoms with Crippen LogP contribution in [0, 0.1) is 0 Å². The topological polar surface area (TPSA) is 26.9 Å². The van der Waals surface area contributed by atoms with Crippen molar-refractivity contribution in [3.8, 4) is 0 Å². The van der Waals surface area contributed by atoms with Gasteiger partial charge in [-0.25, -0.2) is 4.79 Å². The third kappa shape index (κ3) is 3.54. The normalized spacial score (nSPS) is 11.2. The van der Waals surface area contributed by atoms with E-state index in [4.69, 9.17) is 0 Å². The summed E-state index contributed by atoms with van der Waals surface area (Å²) in [4.78, 5) is 11.9. The van der Waals surface area contributed by atoms with Crippen molar-refractivity contribution in [2.45, 2.75) is 65.5 Å². The zero-order valence-electron chi connectivity index (χ0n) is 10.8. The quantitative estimate of drug-likeness (QED) is 0.653. The van der Waals surface area contributed by atoms with Gasteiger partial charge in [-0.2, -0.15) is 0 Å². The van der Waals surface area contributed by atoms with Crippen molar-refractivity contribution in [3.63, 3.8) is 0 Å². The SMILES string of the molecule is CCCCCCCn1ccn(C(C)C)c1=O. The molecule has 0 aliphatic rings. The maximum Gasteiger partial charge on any atom is 0.328 e. The van der Waals surface area contributed by atoms with Crippen LogP contribution < -0.4 is 5.69 Å². The molecule has 3 heteroatoms. The van der Waals surface area contributed by atoms with Crippen molar-refractivity contribution in [1.82, 2.24) is 9.13 Å². The predicted molar refractivity (Wildman–Crippen MR) is 67.8 cm³/mol. The van der Waals surface area contributed by atoms with E-state index in [1.807, 2.05) is 30.8 Å². The second kappa shape index (κ2) is 6.56. The first-order valence-corrected chi connectivity index (χ1v) is 6.44. The number of hydrogen-bond donors (Lipinski definition) is 0. The number of hydrogen-bond acceptors (Lipinski definition) is 1. The molecular weight excluding hydrogens is 200 g/mol. The van der Waals surface area contributed by atoms with Gasteiger partial charge < -0.3 is 0 Å². The second-order valence-corrected chi connectivity index (χ2v) is 4.69. The van der Waals surface area contributed by atoms with Gasteiger partial charge in [0.15, 0.2) is 0 Å². The van der Waals surface area contributed by atoms with Gasteiger partial charge in [-0.05, 0) is 20.3 Å². The van der Waals surface area contributed by atoms with E-state index in [9.17, 15) is 4.79 Å². The lowest BCUT2D eigenvalue weighted by molar-refractivity contribution is 0.524. The van der Waals surface area contributed by atoms with Gasteiger partial charge in [-0.3, -0.25) is 9.13 Å². The minimum absolute atomic E-state index is 0.130. The van der Waals surface area contributed by atoms with Gasteiger partial charge in [0.05, 0.1) is 0 Å². The van der Waals surface area contributed by atoms with Crippen LogP contribution in [0.15, 0.2) is 17.2 Å². The van der Waals surface area contributed by atoms with E-state index in [1.54, 1.807) is 4.57 Å². The van der Waals surface area contributed by atoms with Crippen molar-refractivity contribution >= 4 is 0 Å². The summed E-state index contributed by atoms with van der Waals surface area (Å²) in [6.45, 7) is 7.15. The van der Waals surface area contributed by atoms with Crippen molar-refractivity contribution in [2.24, 2.45) is 0 Å². The highest BCUT2D eigenvalue weighted by atomic mass is 16.1. The third-order valence-corrected chi connectivity index (χ3v) is 2.93. The van der Waals surface area contributed by atoms with Crippen LogP contribution in [0.25, 0.3) is 0 Å². The Morgan fingerprint density at radius 1 is 1.12 bits per heavy atom. The summed E-state index contributed by atoms with van der Waals surface area (Å²) in [7, 11) is 0. The van der Waals surface area contributed by atoms with Gasteiger partial charge in [0, 0.05) is 25.0 Å². The summed E-state index contributed by atoms with van der Waals surface area (Å²) < 4.78 is 3.61. The standard InChI is InChI=1S/C13H24N2O/c1-4-5-6-7-8-9-14-10-11-15(12(2)3)13(14)16/h10-12H,4-9H2,1-3H3. The van der Waals surface area contributed by atoms with E-state index in [2.05, 4.69) is 6.92 Å². The molecule has 92 valence electrons. The fraction of sp³-hybridized carbons (Fsp3) is 0.769. The number of unbranched alkanes of at least 4 members (excludes halogenated alkanes) is 4. The molecule has 0 aliphatic carbocycles. The van der Waals surface area contributed by atoms with Gasteiger partial charge in [0.2, 0.25) is 0 Å². The summed E-state index contributed by atoms with van der Waals surface area (Å²) in [6.07, 6.45) is 10.00. The predicted octanol–water partition coefficient (Wildman–Crippen LogP) is 3.20. The largest absolute Gasteiger partial charge is 0.328 e. The molecule has 16 heavy (non-hydrogen) atoms. The summed E-state index contributed by atoms with van der Waals surface area (Å²) in [5.74, 6) is 0. The highest BCUT2D eigenvalue weighted by Crippen LogP contribution is 2.04. The second-order valence-electron chi connectivity index (χ2n) is 4.69. The zero-order valence-corrected chi connectivity index (χ0v) is 10.8. The molecule has 0 saturated carbocycles. The Bertz CT molecular complexity index is 349. The molecule has 3 nitrogen and oxygen atoms in total. The molecule has 0 saturated heterocycles. The Morgan fingerprint density at radius 3 is 2.38 bits per heavy atom. The van der Waals surface area contributed by atoms with Crippen LogP contribution in [0.3, 0.4) is 0 Å². The van der Waals surface area contributed by atoms with Gasteiger partial charge >= 0.3 is 5.69 Å². The van der Waals surface area contributed by atoms with Crippen LogP contribution in [0.2, 0.25) is 0 Å². The molecule has 0 spiro atoms. The number of aromatic nitrogens is 2. The molecule has 1 aromatic heterocycles. The van der Waals surface area contributed by atoms with Crippen molar-refractivity contribution in [3.05, 3.63) is 22.9 Å². The van der Waals surface area contributed by atoms with Gasteiger partial charge in [-0.15, -0.1) is 0 Å². The maximum absolute atomic E-state index is 11.9. The summed E-state index contributed by atoms with van der Waals surface area (Å²) in [5.41, 5.74) is 0.130. The van der Waals surface area contributed by atoms with E-state index in [1.165, 1.54) is 25.7 Å². The smallest absolute Gasteiger partial charge is 0.299 e. The fourth-order valence-corrected chi connectivity index (χ4v) is 1.88. The van der Waals surface area contributed by atoms with Crippen molar-refractivity contribution < 1.29 is 0 Å². The minimum Gasteiger partial charge on any atom is -0.299 e. The highest BCUT2D eigenvalue weighted by molar-refractivity contribution is 4.83. The Balaban J connectivity index is 2.40. The average Bonchev–Trinajstić information content (AvgIpc) is 2.60. The van der Waals surface area contributed by atoms with Crippen LogP contribution in [0.1, 0.15) is 58.9 Å². The van der Waals surface area contributed by atoms with Gasteiger partial charge in [-0.1, -0.05) is 32.6 Å². The van der Waals surface area contributed by atoms with E-state index in [0.717, 1.165) is 13.0 Å². The first-order valence-electron chi connectivity index (χ1n) is 6.44. The number of imidazole rings is 1. The molecular formula is C13H24N2O. The number of nitrogens with zero attached hydrogens (tertiary/aromatic N) is 2. The van der Waals surface area contributed by atoms with Crippen LogP contribution >= 0.6 is 0 Å². The van der Waals surface area contributed by atoms with Gasteiger partial charge in [0.1, 0.15) is 0 Å². The lowest BCUT2D eigenvalue weighted by atomic mass is 10.1. The first-order chi connectivity index (χ1) is 7.66. The van der Waals surface area contributed by atoms with Crippen LogP contribution in [0.5, 0.6) is 0 Å². The Morgan fingerprint density at radius 2 is 1.81 bits per heavy atom. The Kier molecular flexibility index (Phi) is 5.36. The lowest BCUT2D eigenvalue weighted by Crippen LogP contribution is -2.25. The molecule has 0 atom stereocenters. The van der Waals surface area contributed by atoms with E-state index < -0.39 is 0 Å². The molecule has 0 fully saturated rings. The molecule has 0 amide bonds. The number of rotatable bonds is 7. The van der Waals surface area contributed by atoms with E-state index in [0.29, 0.717) is 0 Å². The van der Waals surface area contributed by atoms with Gasteiger partial charge in [0.25, 0.3) is 0 Å². The lowest BCUT2D eigenvalue weighted by Gasteiger charge is -2.05. The van der Waals surface area contributed by atoms with Crippen molar-refractivity contribution in [2.75, 3.05) is 0 Å². The monoisotopic (exact) mass is 224 g/mol. The molecule has 0 unspecified atom stereocenters. The first kappa shape index (κ1) is 13.1. The Hall–Kier alpha value is -0.990.